The molecule has 6 nitrogen and oxygen atoms in total. The van der Waals surface area contributed by atoms with Gasteiger partial charge in [0.05, 0.1) is 24.4 Å². The molecule has 1 aliphatic rings. The molecule has 0 aromatic rings. The van der Waals surface area contributed by atoms with E-state index in [1.807, 2.05) is 43.4 Å². The van der Waals surface area contributed by atoms with Gasteiger partial charge in [-0.05, 0) is 32.1 Å². The number of carboxylic acids is 1. The smallest absolute Gasteiger partial charge is 0.303 e. The molecule has 1 heterocycles. The lowest BCUT2D eigenvalue weighted by Crippen LogP contribution is -2.25. The van der Waals surface area contributed by atoms with Crippen LogP contribution < -0.4 is 0 Å². The first-order valence-electron chi connectivity index (χ1n) is 9.98. The summed E-state index contributed by atoms with van der Waals surface area (Å²) in [5, 5.41) is 38.3. The number of aliphatic carboxylic acids is 1. The first kappa shape index (κ1) is 24.3. The lowest BCUT2D eigenvalue weighted by atomic mass is 10.0. The maximum absolute atomic E-state index is 10.4. The second-order valence-electron chi connectivity index (χ2n) is 6.92. The SMILES string of the molecule is CC[C@H](O)/C=C/[C@@H]1O[C@@H]([C@H](O)C/C=C\C/C=C\C/C=C\CCC(=O)O)C[C@@H]1O. The molecular weight excluding hydrogens is 360 g/mol. The summed E-state index contributed by atoms with van der Waals surface area (Å²) in [5.41, 5.74) is 0. The van der Waals surface area contributed by atoms with Gasteiger partial charge in [-0.3, -0.25) is 4.79 Å². The van der Waals surface area contributed by atoms with E-state index in [0.29, 0.717) is 25.7 Å². The van der Waals surface area contributed by atoms with Gasteiger partial charge in [0.25, 0.3) is 0 Å². The normalized spacial score (nSPS) is 25.5. The second-order valence-corrected chi connectivity index (χ2v) is 6.92. The Bertz CT molecular complexity index is 551. The third kappa shape index (κ3) is 10.6. The molecule has 0 radical (unpaired) electrons. The standard InChI is InChI=1S/C22H34O6/c1-2-17(23)14-15-20-19(25)16-21(28-20)18(24)12-10-8-6-4-3-5-7-9-11-13-22(26)27/h3-4,7-10,14-15,17-21,23-25H,2,5-6,11-13,16H2,1H3,(H,26,27)/b4-3-,9-7-,10-8-,15-14+/t17-,18+,19-,20-,21+/m0/s1. The average molecular weight is 395 g/mol. The van der Waals surface area contributed by atoms with Crippen LogP contribution >= 0.6 is 0 Å². The van der Waals surface area contributed by atoms with Crippen LogP contribution in [0.25, 0.3) is 0 Å². The number of ether oxygens (including phenoxy) is 1. The zero-order valence-corrected chi connectivity index (χ0v) is 16.6. The molecule has 0 unspecified atom stereocenters. The van der Waals surface area contributed by atoms with Gasteiger partial charge in [-0.2, -0.15) is 0 Å². The summed E-state index contributed by atoms with van der Waals surface area (Å²) >= 11 is 0. The Hall–Kier alpha value is -1.73. The summed E-state index contributed by atoms with van der Waals surface area (Å²) < 4.78 is 5.70. The number of hydrogen-bond acceptors (Lipinski definition) is 5. The van der Waals surface area contributed by atoms with Gasteiger partial charge in [0, 0.05) is 12.8 Å². The van der Waals surface area contributed by atoms with Crippen LogP contribution in [0.3, 0.4) is 0 Å². The van der Waals surface area contributed by atoms with Crippen molar-refractivity contribution in [3.05, 3.63) is 48.6 Å². The number of carboxylic acid groups (broad SMARTS) is 1. The molecule has 1 saturated heterocycles. The molecule has 4 N–H and O–H groups in total. The zero-order chi connectivity index (χ0) is 20.8. The molecule has 0 bridgehead atoms. The van der Waals surface area contributed by atoms with Crippen LogP contribution in [0.2, 0.25) is 0 Å². The van der Waals surface area contributed by atoms with Gasteiger partial charge in [-0.15, -0.1) is 0 Å². The van der Waals surface area contributed by atoms with Gasteiger partial charge in [0.2, 0.25) is 0 Å². The molecule has 1 aliphatic heterocycles. The molecule has 0 aromatic carbocycles. The number of rotatable bonds is 13. The second kappa shape index (κ2) is 14.3. The molecule has 1 fully saturated rings. The van der Waals surface area contributed by atoms with Crippen LogP contribution in [0.1, 0.15) is 51.9 Å². The highest BCUT2D eigenvalue weighted by Gasteiger charge is 2.35. The van der Waals surface area contributed by atoms with Crippen LogP contribution in [-0.4, -0.2) is 56.9 Å². The molecule has 158 valence electrons. The van der Waals surface area contributed by atoms with E-state index in [0.717, 1.165) is 12.8 Å². The van der Waals surface area contributed by atoms with E-state index in [4.69, 9.17) is 9.84 Å². The molecule has 1 rings (SSSR count). The van der Waals surface area contributed by atoms with E-state index >= 15 is 0 Å². The number of aliphatic hydroxyl groups is 3. The van der Waals surface area contributed by atoms with Crippen molar-refractivity contribution in [3.63, 3.8) is 0 Å². The fourth-order valence-corrected chi connectivity index (χ4v) is 2.77. The van der Waals surface area contributed by atoms with E-state index in [1.54, 1.807) is 12.2 Å². The van der Waals surface area contributed by atoms with Crippen LogP contribution in [0, 0.1) is 0 Å². The predicted octanol–water partition coefficient (Wildman–Crippen LogP) is 2.90. The molecule has 0 amide bonds. The van der Waals surface area contributed by atoms with Gasteiger partial charge in [-0.1, -0.05) is 55.5 Å². The van der Waals surface area contributed by atoms with E-state index in [2.05, 4.69) is 0 Å². The average Bonchev–Trinajstić information content (AvgIpc) is 3.04. The van der Waals surface area contributed by atoms with Crippen molar-refractivity contribution in [2.45, 2.75) is 82.4 Å². The van der Waals surface area contributed by atoms with Crippen molar-refractivity contribution in [1.82, 2.24) is 0 Å². The minimum atomic E-state index is -0.785. The largest absolute Gasteiger partial charge is 0.481 e. The topological polar surface area (TPSA) is 107 Å². The minimum Gasteiger partial charge on any atom is -0.481 e. The fourth-order valence-electron chi connectivity index (χ4n) is 2.77. The Morgan fingerprint density at radius 3 is 2.39 bits per heavy atom. The summed E-state index contributed by atoms with van der Waals surface area (Å²) in [5.74, 6) is -0.785. The molecule has 5 atom stereocenters. The van der Waals surface area contributed by atoms with Crippen molar-refractivity contribution in [2.24, 2.45) is 0 Å². The number of allylic oxidation sites excluding steroid dienone is 5. The summed E-state index contributed by atoms with van der Waals surface area (Å²) in [6.45, 7) is 1.87. The molecule has 0 aromatic heterocycles. The molecule has 0 spiro atoms. The van der Waals surface area contributed by atoms with E-state index in [1.165, 1.54) is 0 Å². The highest BCUT2D eigenvalue weighted by molar-refractivity contribution is 5.66. The van der Waals surface area contributed by atoms with E-state index in [9.17, 15) is 20.1 Å². The molecule has 6 heteroatoms. The summed E-state index contributed by atoms with van der Waals surface area (Å²) in [6.07, 6.45) is 15.9. The highest BCUT2D eigenvalue weighted by Crippen LogP contribution is 2.25. The summed E-state index contributed by atoms with van der Waals surface area (Å²) in [6, 6.07) is 0. The third-order valence-electron chi connectivity index (χ3n) is 4.50. The highest BCUT2D eigenvalue weighted by atomic mass is 16.5. The molecular formula is C22H34O6. The van der Waals surface area contributed by atoms with E-state index < -0.39 is 36.5 Å². The Morgan fingerprint density at radius 2 is 1.75 bits per heavy atom. The Balaban J connectivity index is 2.22. The summed E-state index contributed by atoms with van der Waals surface area (Å²) in [7, 11) is 0. The van der Waals surface area contributed by atoms with Crippen molar-refractivity contribution < 1.29 is 30.0 Å². The first-order chi connectivity index (χ1) is 13.4. The Kier molecular flexibility index (Phi) is 12.4. The number of aliphatic hydroxyl groups excluding tert-OH is 3. The van der Waals surface area contributed by atoms with Crippen molar-refractivity contribution >= 4 is 5.97 Å². The number of hydrogen-bond donors (Lipinski definition) is 4. The zero-order valence-electron chi connectivity index (χ0n) is 16.6. The quantitative estimate of drug-likeness (QED) is 0.358. The van der Waals surface area contributed by atoms with Gasteiger partial charge in [0.15, 0.2) is 0 Å². The van der Waals surface area contributed by atoms with Gasteiger partial charge in [-0.25, -0.2) is 0 Å². The van der Waals surface area contributed by atoms with E-state index in [-0.39, 0.29) is 6.42 Å². The van der Waals surface area contributed by atoms with Gasteiger partial charge < -0.3 is 25.2 Å². The fraction of sp³-hybridized carbons (Fsp3) is 0.591. The minimum absolute atomic E-state index is 0.157. The van der Waals surface area contributed by atoms with Crippen LogP contribution in [0.15, 0.2) is 48.6 Å². The predicted molar refractivity (Wildman–Crippen MR) is 109 cm³/mol. The summed E-state index contributed by atoms with van der Waals surface area (Å²) in [4.78, 5) is 10.4. The number of carbonyl (C=O) groups is 1. The third-order valence-corrected chi connectivity index (χ3v) is 4.50. The van der Waals surface area contributed by atoms with Crippen molar-refractivity contribution in [3.8, 4) is 0 Å². The Morgan fingerprint density at radius 1 is 1.11 bits per heavy atom. The monoisotopic (exact) mass is 394 g/mol. The van der Waals surface area contributed by atoms with Crippen molar-refractivity contribution in [1.29, 1.82) is 0 Å². The maximum atomic E-state index is 10.4. The Labute approximate surface area is 167 Å². The van der Waals surface area contributed by atoms with Crippen LogP contribution in [0.4, 0.5) is 0 Å². The van der Waals surface area contributed by atoms with Crippen LogP contribution in [-0.2, 0) is 9.53 Å². The maximum Gasteiger partial charge on any atom is 0.303 e. The van der Waals surface area contributed by atoms with Gasteiger partial charge in [0.1, 0.15) is 6.10 Å². The lowest BCUT2D eigenvalue weighted by molar-refractivity contribution is -0.136. The van der Waals surface area contributed by atoms with Crippen LogP contribution in [0.5, 0.6) is 0 Å². The van der Waals surface area contributed by atoms with Crippen molar-refractivity contribution in [2.75, 3.05) is 0 Å². The van der Waals surface area contributed by atoms with Gasteiger partial charge >= 0.3 is 5.97 Å². The lowest BCUT2D eigenvalue weighted by Gasteiger charge is -2.16. The molecule has 0 aliphatic carbocycles. The first-order valence-corrected chi connectivity index (χ1v) is 9.98. The molecule has 28 heavy (non-hydrogen) atoms. The molecule has 0 saturated carbocycles.